The minimum absolute atomic E-state index is 0.0264. The van der Waals surface area contributed by atoms with Crippen LogP contribution in [0.4, 0.5) is 13.2 Å². The first kappa shape index (κ1) is 18.6. The van der Waals surface area contributed by atoms with Crippen LogP contribution in [0, 0.1) is 11.3 Å². The van der Waals surface area contributed by atoms with E-state index in [1.807, 2.05) is 0 Å². The molecule has 0 unspecified atom stereocenters. The van der Waals surface area contributed by atoms with Gasteiger partial charge in [0.2, 0.25) is 5.88 Å². The van der Waals surface area contributed by atoms with Crippen LogP contribution in [0.3, 0.4) is 0 Å². The summed E-state index contributed by atoms with van der Waals surface area (Å²) in [7, 11) is 0. The number of carbonyl (C=O) groups excluding carboxylic acids is 1. The average molecular weight is 388 g/mol. The number of Topliss-reactive ketones (excluding diaryl/α,β-unsaturated/α-hetero) is 1. The van der Waals surface area contributed by atoms with Crippen LogP contribution in [0.15, 0.2) is 53.9 Å². The molecule has 0 aliphatic heterocycles. The summed E-state index contributed by atoms with van der Waals surface area (Å²) < 4.78 is 45.4. The lowest BCUT2D eigenvalue weighted by Gasteiger charge is -2.14. The molecule has 0 spiro atoms. The summed E-state index contributed by atoms with van der Waals surface area (Å²) in [6, 6.07) is 13.8. The third kappa shape index (κ3) is 4.15. The fourth-order valence-corrected chi connectivity index (χ4v) is 3.04. The van der Waals surface area contributed by atoms with Crippen molar-refractivity contribution in [2.45, 2.75) is 6.18 Å². The topological polar surface area (TPSA) is 63.0 Å². The van der Waals surface area contributed by atoms with Gasteiger partial charge in [0.25, 0.3) is 0 Å². The molecule has 0 amide bonds. The van der Waals surface area contributed by atoms with Crippen molar-refractivity contribution in [3.05, 3.63) is 70.6 Å². The van der Waals surface area contributed by atoms with E-state index in [9.17, 15) is 23.2 Å². The number of nitrogens with zero attached hydrogens (tertiary/aromatic N) is 2. The first-order chi connectivity index (χ1) is 12.9. The Labute approximate surface area is 156 Å². The van der Waals surface area contributed by atoms with Crippen molar-refractivity contribution in [3.63, 3.8) is 0 Å². The molecule has 0 fully saturated rings. The molecule has 3 rings (SSSR count). The predicted molar refractivity (Wildman–Crippen MR) is 93.5 cm³/mol. The highest BCUT2D eigenvalue weighted by Gasteiger charge is 2.36. The average Bonchev–Trinajstić information content (AvgIpc) is 3.20. The Kier molecular flexibility index (Phi) is 5.23. The van der Waals surface area contributed by atoms with Crippen molar-refractivity contribution >= 4 is 17.1 Å². The fraction of sp³-hybridized carbons (Fsp3) is 0.105. The quantitative estimate of drug-likeness (QED) is 0.580. The summed E-state index contributed by atoms with van der Waals surface area (Å²) in [6.45, 7) is -0.531. The smallest absolute Gasteiger partial charge is 0.417 e. The Morgan fingerprint density at radius 3 is 2.52 bits per heavy atom. The largest absolute Gasteiger partial charge is 0.468 e. The molecule has 2 heterocycles. The van der Waals surface area contributed by atoms with Crippen LogP contribution >= 0.6 is 11.3 Å². The number of aromatic nitrogens is 1. The number of nitriles is 1. The van der Waals surface area contributed by atoms with Gasteiger partial charge < -0.3 is 4.74 Å². The number of ketones is 1. The predicted octanol–water partition coefficient (Wildman–Crippen LogP) is 4.96. The van der Waals surface area contributed by atoms with Crippen molar-refractivity contribution in [1.29, 1.82) is 5.26 Å². The second kappa shape index (κ2) is 7.60. The molecule has 0 atom stereocenters. The second-order valence-electron chi connectivity index (χ2n) is 5.40. The lowest BCUT2D eigenvalue weighted by atomic mass is 10.1. The van der Waals surface area contributed by atoms with Gasteiger partial charge in [-0.05, 0) is 17.5 Å². The molecule has 136 valence electrons. The van der Waals surface area contributed by atoms with E-state index in [4.69, 9.17) is 4.74 Å². The molecule has 0 bridgehead atoms. The molecule has 0 radical (unpaired) electrons. The van der Waals surface area contributed by atoms with Crippen molar-refractivity contribution in [1.82, 2.24) is 4.98 Å². The van der Waals surface area contributed by atoms with E-state index in [-0.39, 0.29) is 5.69 Å². The Morgan fingerprint density at radius 2 is 1.93 bits per heavy atom. The Bertz CT molecular complexity index is 994. The maximum atomic E-state index is 13.4. The van der Waals surface area contributed by atoms with Crippen LogP contribution < -0.4 is 4.74 Å². The van der Waals surface area contributed by atoms with Crippen molar-refractivity contribution in [3.8, 4) is 22.5 Å². The van der Waals surface area contributed by atoms with Gasteiger partial charge in [-0.15, -0.1) is 11.3 Å². The van der Waals surface area contributed by atoms with Crippen LogP contribution in [-0.2, 0) is 6.18 Å². The summed E-state index contributed by atoms with van der Waals surface area (Å²) in [5.74, 6) is -0.948. The van der Waals surface area contributed by atoms with Crippen molar-refractivity contribution in [2.24, 2.45) is 0 Å². The third-order valence-corrected chi connectivity index (χ3v) is 4.51. The summed E-state index contributed by atoms with van der Waals surface area (Å²) in [5.41, 5.74) is -1.52. The molecule has 0 saturated heterocycles. The van der Waals surface area contributed by atoms with Gasteiger partial charge in [0.15, 0.2) is 12.4 Å². The minimum atomic E-state index is -4.76. The summed E-state index contributed by atoms with van der Waals surface area (Å²) in [5, 5.41) is 10.9. The molecular formula is C19H11F3N2O2S. The normalized spacial score (nSPS) is 11.0. The summed E-state index contributed by atoms with van der Waals surface area (Å²) >= 11 is 1.20. The maximum absolute atomic E-state index is 13.4. The van der Waals surface area contributed by atoms with E-state index in [1.165, 1.54) is 17.4 Å². The standard InChI is InChI=1S/C19H11F3N2O2S/c20-19(21,22)14-9-15(17-7-4-8-27-17)24-18(13(14)10-23)26-11-16(25)12-5-2-1-3-6-12/h1-9H,11H2. The molecule has 27 heavy (non-hydrogen) atoms. The number of rotatable bonds is 5. The zero-order chi connectivity index (χ0) is 19.4. The summed E-state index contributed by atoms with van der Waals surface area (Å²) in [4.78, 5) is 16.7. The first-order valence-corrected chi connectivity index (χ1v) is 8.55. The molecule has 0 aliphatic carbocycles. The van der Waals surface area contributed by atoms with Crippen LogP contribution in [0.1, 0.15) is 21.5 Å². The van der Waals surface area contributed by atoms with E-state index >= 15 is 0 Å². The highest BCUT2D eigenvalue weighted by atomic mass is 32.1. The molecule has 0 N–H and O–H groups in total. The molecule has 4 nitrogen and oxygen atoms in total. The first-order valence-electron chi connectivity index (χ1n) is 7.67. The maximum Gasteiger partial charge on any atom is 0.417 e. The molecule has 3 aromatic rings. The number of ether oxygens (including phenoxy) is 1. The lowest BCUT2D eigenvalue weighted by molar-refractivity contribution is -0.137. The van der Waals surface area contributed by atoms with Gasteiger partial charge in [-0.3, -0.25) is 4.79 Å². The number of benzene rings is 1. The molecule has 0 saturated carbocycles. The zero-order valence-corrected chi connectivity index (χ0v) is 14.5. The zero-order valence-electron chi connectivity index (χ0n) is 13.7. The van der Waals surface area contributed by atoms with Gasteiger partial charge in [0.1, 0.15) is 11.6 Å². The van der Waals surface area contributed by atoms with Gasteiger partial charge in [0.05, 0.1) is 16.1 Å². The Hall–Kier alpha value is -3.18. The highest BCUT2D eigenvalue weighted by molar-refractivity contribution is 7.13. The van der Waals surface area contributed by atoms with E-state index < -0.39 is 35.6 Å². The number of alkyl halides is 3. The van der Waals surface area contributed by atoms with E-state index in [0.29, 0.717) is 10.4 Å². The van der Waals surface area contributed by atoms with E-state index in [1.54, 1.807) is 47.8 Å². The van der Waals surface area contributed by atoms with Gasteiger partial charge >= 0.3 is 6.18 Å². The molecular weight excluding hydrogens is 377 g/mol. The number of hydrogen-bond donors (Lipinski definition) is 0. The monoisotopic (exact) mass is 388 g/mol. The number of pyridine rings is 1. The number of carbonyl (C=O) groups is 1. The van der Waals surface area contributed by atoms with Gasteiger partial charge in [0, 0.05) is 5.56 Å². The summed E-state index contributed by atoms with van der Waals surface area (Å²) in [6.07, 6.45) is -4.76. The van der Waals surface area contributed by atoms with Gasteiger partial charge in [-0.1, -0.05) is 36.4 Å². The fourth-order valence-electron chi connectivity index (χ4n) is 2.35. The van der Waals surface area contributed by atoms with Crippen molar-refractivity contribution < 1.29 is 22.7 Å². The molecule has 1 aromatic carbocycles. The number of thiophene rings is 1. The molecule has 8 heteroatoms. The highest BCUT2D eigenvalue weighted by Crippen LogP contribution is 2.38. The van der Waals surface area contributed by atoms with Crippen LogP contribution in [0.5, 0.6) is 5.88 Å². The molecule has 2 aromatic heterocycles. The van der Waals surface area contributed by atoms with E-state index in [2.05, 4.69) is 4.98 Å². The van der Waals surface area contributed by atoms with Gasteiger partial charge in [-0.25, -0.2) is 4.98 Å². The van der Waals surface area contributed by atoms with Crippen LogP contribution in [0.2, 0.25) is 0 Å². The van der Waals surface area contributed by atoms with E-state index in [0.717, 1.165) is 6.07 Å². The SMILES string of the molecule is N#Cc1c(C(F)(F)F)cc(-c2cccs2)nc1OCC(=O)c1ccccc1. The Balaban J connectivity index is 1.99. The van der Waals surface area contributed by atoms with Gasteiger partial charge in [-0.2, -0.15) is 18.4 Å². The Morgan fingerprint density at radius 1 is 1.19 bits per heavy atom. The number of halogens is 3. The molecule has 0 aliphatic rings. The van der Waals surface area contributed by atoms with Crippen LogP contribution in [-0.4, -0.2) is 17.4 Å². The minimum Gasteiger partial charge on any atom is -0.468 e. The van der Waals surface area contributed by atoms with Crippen molar-refractivity contribution in [2.75, 3.05) is 6.61 Å². The third-order valence-electron chi connectivity index (χ3n) is 3.61. The second-order valence-corrected chi connectivity index (χ2v) is 6.35. The number of hydrogen-bond acceptors (Lipinski definition) is 5. The lowest BCUT2D eigenvalue weighted by Crippen LogP contribution is -2.15. The van der Waals surface area contributed by atoms with Crippen LogP contribution in [0.25, 0.3) is 10.6 Å².